The molecule has 6 heteroatoms. The van der Waals surface area contributed by atoms with E-state index in [2.05, 4.69) is 10.2 Å². The molecule has 0 saturated heterocycles. The SMILES string of the molecule is CCC(=O)OC(C)(CC(C)C)N=NC(C)(CC(C)C)OC(=O)CC. The van der Waals surface area contributed by atoms with Gasteiger partial charge in [0.05, 0.1) is 0 Å². The minimum Gasteiger partial charge on any atom is -0.436 e. The molecule has 0 aliphatic rings. The van der Waals surface area contributed by atoms with Crippen LogP contribution < -0.4 is 0 Å². The summed E-state index contributed by atoms with van der Waals surface area (Å²) in [7, 11) is 0. The van der Waals surface area contributed by atoms with E-state index in [1.54, 1.807) is 27.7 Å². The van der Waals surface area contributed by atoms with Gasteiger partial charge in [0.15, 0.2) is 0 Å². The molecule has 0 bridgehead atoms. The minimum absolute atomic E-state index is 0.271. The van der Waals surface area contributed by atoms with Crippen LogP contribution in [0.2, 0.25) is 0 Å². The molecule has 6 nitrogen and oxygen atoms in total. The Balaban J connectivity index is 5.46. The summed E-state index contributed by atoms with van der Waals surface area (Å²) in [5.41, 5.74) is -2.11. The van der Waals surface area contributed by atoms with Crippen molar-refractivity contribution >= 4 is 11.9 Å². The van der Waals surface area contributed by atoms with Gasteiger partial charge in [0.25, 0.3) is 0 Å². The van der Waals surface area contributed by atoms with Crippen LogP contribution in [-0.4, -0.2) is 23.4 Å². The fourth-order valence-corrected chi connectivity index (χ4v) is 2.57. The Morgan fingerprint density at radius 3 is 1.29 bits per heavy atom. The third-order valence-corrected chi connectivity index (χ3v) is 3.29. The lowest BCUT2D eigenvalue weighted by molar-refractivity contribution is -0.164. The first kappa shape index (κ1) is 22.5. The van der Waals surface area contributed by atoms with Crippen molar-refractivity contribution in [1.82, 2.24) is 0 Å². The number of hydrogen-bond acceptors (Lipinski definition) is 6. The summed E-state index contributed by atoms with van der Waals surface area (Å²) in [6.07, 6.45) is 1.64. The highest BCUT2D eigenvalue weighted by atomic mass is 16.6. The molecule has 24 heavy (non-hydrogen) atoms. The highest BCUT2D eigenvalue weighted by Gasteiger charge is 2.34. The quantitative estimate of drug-likeness (QED) is 0.419. The van der Waals surface area contributed by atoms with E-state index < -0.39 is 11.4 Å². The average molecular weight is 342 g/mol. The van der Waals surface area contributed by atoms with Gasteiger partial charge >= 0.3 is 11.9 Å². The summed E-state index contributed by atoms with van der Waals surface area (Å²) in [5, 5.41) is 8.60. The van der Waals surface area contributed by atoms with E-state index in [0.29, 0.717) is 12.8 Å². The van der Waals surface area contributed by atoms with Crippen LogP contribution in [0.5, 0.6) is 0 Å². The third-order valence-electron chi connectivity index (χ3n) is 3.29. The summed E-state index contributed by atoms with van der Waals surface area (Å²) in [6.45, 7) is 15.1. The summed E-state index contributed by atoms with van der Waals surface area (Å²) in [6, 6.07) is 0. The number of carbonyl (C=O) groups is 2. The van der Waals surface area contributed by atoms with Crippen LogP contribution in [0.15, 0.2) is 10.2 Å². The maximum atomic E-state index is 11.7. The van der Waals surface area contributed by atoms with Gasteiger partial charge in [0.1, 0.15) is 0 Å². The fraction of sp³-hybridized carbons (Fsp3) is 0.889. The van der Waals surface area contributed by atoms with Crippen molar-refractivity contribution in [2.45, 2.75) is 92.5 Å². The molecule has 0 N–H and O–H groups in total. The van der Waals surface area contributed by atoms with Gasteiger partial charge < -0.3 is 9.47 Å². The zero-order valence-corrected chi connectivity index (χ0v) is 16.5. The Kier molecular flexibility index (Phi) is 9.15. The summed E-state index contributed by atoms with van der Waals surface area (Å²) in [4.78, 5) is 23.5. The van der Waals surface area contributed by atoms with Crippen LogP contribution in [0.4, 0.5) is 0 Å². The van der Waals surface area contributed by atoms with E-state index in [-0.39, 0.29) is 36.6 Å². The smallest absolute Gasteiger partial charge is 0.307 e. The van der Waals surface area contributed by atoms with E-state index in [0.717, 1.165) is 0 Å². The normalized spacial score (nSPS) is 16.9. The Labute approximate surface area is 146 Å². The topological polar surface area (TPSA) is 77.3 Å². The largest absolute Gasteiger partial charge is 0.436 e. The van der Waals surface area contributed by atoms with Gasteiger partial charge in [-0.15, -0.1) is 10.2 Å². The number of carbonyl (C=O) groups excluding carboxylic acids is 2. The summed E-state index contributed by atoms with van der Waals surface area (Å²) >= 11 is 0. The molecule has 0 aliphatic heterocycles. The van der Waals surface area contributed by atoms with E-state index in [1.807, 2.05) is 27.7 Å². The van der Waals surface area contributed by atoms with Crippen LogP contribution in [0.25, 0.3) is 0 Å². The number of hydrogen-bond donors (Lipinski definition) is 0. The molecule has 0 aromatic carbocycles. The molecule has 0 aromatic heterocycles. The molecule has 0 heterocycles. The van der Waals surface area contributed by atoms with Crippen molar-refractivity contribution in [1.29, 1.82) is 0 Å². The van der Waals surface area contributed by atoms with Gasteiger partial charge in [-0.1, -0.05) is 41.5 Å². The summed E-state index contributed by atoms with van der Waals surface area (Å²) in [5.74, 6) is -0.109. The van der Waals surface area contributed by atoms with Crippen LogP contribution in [0, 0.1) is 11.8 Å². The lowest BCUT2D eigenvalue weighted by Gasteiger charge is -2.30. The lowest BCUT2D eigenvalue weighted by Crippen LogP contribution is -2.34. The molecule has 0 saturated carbocycles. The molecular weight excluding hydrogens is 308 g/mol. The third kappa shape index (κ3) is 8.99. The second-order valence-electron chi connectivity index (χ2n) is 7.40. The first-order valence-corrected chi connectivity index (χ1v) is 8.83. The van der Waals surface area contributed by atoms with E-state index in [1.165, 1.54) is 0 Å². The van der Waals surface area contributed by atoms with Crippen molar-refractivity contribution in [3.8, 4) is 0 Å². The highest BCUT2D eigenvalue weighted by molar-refractivity contribution is 5.69. The van der Waals surface area contributed by atoms with E-state index in [4.69, 9.17) is 9.47 Å². The molecule has 0 amide bonds. The van der Waals surface area contributed by atoms with Crippen molar-refractivity contribution < 1.29 is 19.1 Å². The number of nitrogens with zero attached hydrogens (tertiary/aromatic N) is 2. The van der Waals surface area contributed by atoms with Gasteiger partial charge in [-0.05, 0) is 25.7 Å². The second kappa shape index (κ2) is 9.74. The molecule has 140 valence electrons. The average Bonchev–Trinajstić information content (AvgIpc) is 2.43. The molecule has 2 atom stereocenters. The molecule has 0 spiro atoms. The molecule has 0 aromatic rings. The van der Waals surface area contributed by atoms with Crippen molar-refractivity contribution in [3.05, 3.63) is 0 Å². The molecule has 0 aliphatic carbocycles. The Bertz CT molecular complexity index is 408. The van der Waals surface area contributed by atoms with Gasteiger partial charge in [-0.2, -0.15) is 0 Å². The van der Waals surface area contributed by atoms with Gasteiger partial charge in [0.2, 0.25) is 11.4 Å². The fourth-order valence-electron chi connectivity index (χ4n) is 2.57. The van der Waals surface area contributed by atoms with Crippen molar-refractivity contribution in [2.75, 3.05) is 0 Å². The Morgan fingerprint density at radius 1 is 0.792 bits per heavy atom. The predicted octanol–water partition coefficient (Wildman–Crippen LogP) is 4.87. The second-order valence-corrected chi connectivity index (χ2v) is 7.40. The number of rotatable bonds is 10. The minimum atomic E-state index is -1.06. The first-order chi connectivity index (χ1) is 10.9. The number of esters is 2. The Hall–Kier alpha value is -1.46. The number of azo groups is 1. The van der Waals surface area contributed by atoms with Crippen LogP contribution in [-0.2, 0) is 19.1 Å². The number of ether oxygens (including phenoxy) is 2. The monoisotopic (exact) mass is 342 g/mol. The molecule has 0 rings (SSSR count). The van der Waals surface area contributed by atoms with Crippen LogP contribution in [0.3, 0.4) is 0 Å². The maximum absolute atomic E-state index is 11.7. The Morgan fingerprint density at radius 2 is 1.08 bits per heavy atom. The van der Waals surface area contributed by atoms with Crippen molar-refractivity contribution in [2.24, 2.45) is 22.1 Å². The maximum Gasteiger partial charge on any atom is 0.307 e. The van der Waals surface area contributed by atoms with Crippen LogP contribution in [0.1, 0.15) is 81.1 Å². The van der Waals surface area contributed by atoms with Gasteiger partial charge in [-0.25, -0.2) is 0 Å². The zero-order valence-electron chi connectivity index (χ0n) is 16.5. The van der Waals surface area contributed by atoms with E-state index >= 15 is 0 Å². The zero-order chi connectivity index (χ0) is 19.0. The van der Waals surface area contributed by atoms with E-state index in [9.17, 15) is 9.59 Å². The van der Waals surface area contributed by atoms with Crippen LogP contribution >= 0.6 is 0 Å². The molecule has 0 radical (unpaired) electrons. The molecule has 0 fully saturated rings. The van der Waals surface area contributed by atoms with Crippen molar-refractivity contribution in [3.63, 3.8) is 0 Å². The highest BCUT2D eigenvalue weighted by Crippen LogP contribution is 2.29. The molecule has 2 unspecified atom stereocenters. The summed E-state index contributed by atoms with van der Waals surface area (Å²) < 4.78 is 11.0. The first-order valence-electron chi connectivity index (χ1n) is 8.83. The van der Waals surface area contributed by atoms with Gasteiger partial charge in [0, 0.05) is 25.7 Å². The standard InChI is InChI=1S/C18H34N2O4/c1-9-15(21)23-17(7,11-13(3)4)19-20-18(8,12-14(5)6)24-16(22)10-2/h13-14H,9-12H2,1-8H3. The molecular formula is C18H34N2O4. The van der Waals surface area contributed by atoms with Gasteiger partial charge in [-0.3, -0.25) is 9.59 Å². The predicted molar refractivity (Wildman–Crippen MR) is 93.3 cm³/mol. The lowest BCUT2D eigenvalue weighted by atomic mass is 10.0.